The Hall–Kier alpha value is -0.350. The van der Waals surface area contributed by atoms with E-state index in [1.807, 2.05) is 0 Å². The molecule has 0 aliphatic rings. The third kappa shape index (κ3) is 10.1. The van der Waals surface area contributed by atoms with Crippen molar-refractivity contribution < 1.29 is 0 Å². The van der Waals surface area contributed by atoms with Crippen LogP contribution in [0.15, 0.2) is 30.3 Å². The Morgan fingerprint density at radius 1 is 0.737 bits per heavy atom. The van der Waals surface area contributed by atoms with E-state index >= 15 is 0 Å². The third-order valence-electron chi connectivity index (χ3n) is 3.63. The maximum atomic E-state index is 2.29. The van der Waals surface area contributed by atoms with E-state index in [4.69, 9.17) is 0 Å². The van der Waals surface area contributed by atoms with Crippen LogP contribution < -0.4 is 0 Å². The van der Waals surface area contributed by atoms with E-state index in [9.17, 15) is 0 Å². The first kappa shape index (κ1) is 16.7. The van der Waals surface area contributed by atoms with Crippen molar-refractivity contribution in [1.29, 1.82) is 0 Å². The molecule has 0 heterocycles. The lowest BCUT2D eigenvalue weighted by atomic mass is 10.1. The van der Waals surface area contributed by atoms with Crippen LogP contribution in [-0.2, 0) is 6.16 Å². The van der Waals surface area contributed by atoms with Gasteiger partial charge in [0.05, 0.1) is 0 Å². The van der Waals surface area contributed by atoms with Crippen LogP contribution in [0.25, 0.3) is 0 Å². The van der Waals surface area contributed by atoms with Gasteiger partial charge in [0.1, 0.15) is 0 Å². The van der Waals surface area contributed by atoms with E-state index in [0.717, 1.165) is 8.58 Å². The molecule has 0 bridgehead atoms. The molecule has 19 heavy (non-hydrogen) atoms. The summed E-state index contributed by atoms with van der Waals surface area (Å²) >= 11 is 0. The summed E-state index contributed by atoms with van der Waals surface area (Å²) in [7, 11) is 1.12. The monoisotopic (exact) mass is 278 g/mol. The first-order chi connectivity index (χ1) is 9.43. The topological polar surface area (TPSA) is 0 Å². The predicted molar refractivity (Wildman–Crippen MR) is 90.6 cm³/mol. The highest BCUT2D eigenvalue weighted by Crippen LogP contribution is 2.20. The van der Waals surface area contributed by atoms with Crippen LogP contribution in [-0.4, -0.2) is 6.16 Å². The molecule has 0 amide bonds. The van der Waals surface area contributed by atoms with Gasteiger partial charge in [-0.2, -0.15) is 0 Å². The number of rotatable bonds is 12. The van der Waals surface area contributed by atoms with E-state index in [2.05, 4.69) is 37.3 Å². The standard InChI is InChI=1S/C18H31P/c1-2-3-4-5-6-7-8-9-13-16-19-17-18-14-11-10-12-15-18/h10-12,14-15,19H,2-9,13,16-17H2,1H3. The molecule has 1 unspecified atom stereocenters. The molecule has 0 saturated heterocycles. The molecule has 0 aliphatic heterocycles. The normalized spacial score (nSPS) is 11.4. The molecule has 0 spiro atoms. The Morgan fingerprint density at radius 2 is 1.32 bits per heavy atom. The third-order valence-corrected chi connectivity index (χ3v) is 4.99. The molecule has 0 radical (unpaired) electrons. The van der Waals surface area contributed by atoms with Gasteiger partial charge in [0.25, 0.3) is 0 Å². The lowest BCUT2D eigenvalue weighted by molar-refractivity contribution is 0.573. The summed E-state index contributed by atoms with van der Waals surface area (Å²) in [5.41, 5.74) is 1.51. The van der Waals surface area contributed by atoms with Crippen LogP contribution in [0.1, 0.15) is 70.3 Å². The van der Waals surface area contributed by atoms with Crippen molar-refractivity contribution in [3.8, 4) is 0 Å². The molecule has 108 valence electrons. The summed E-state index contributed by atoms with van der Waals surface area (Å²) in [4.78, 5) is 0. The van der Waals surface area contributed by atoms with Crippen molar-refractivity contribution in [2.75, 3.05) is 6.16 Å². The smallest absolute Gasteiger partial charge is 0.0101 e. The Labute approximate surface area is 122 Å². The molecule has 1 heteroatoms. The number of benzene rings is 1. The van der Waals surface area contributed by atoms with Crippen LogP contribution in [0, 0.1) is 0 Å². The molecular weight excluding hydrogens is 247 g/mol. The van der Waals surface area contributed by atoms with Crippen LogP contribution in [0.5, 0.6) is 0 Å². The fourth-order valence-electron chi connectivity index (χ4n) is 2.39. The maximum absolute atomic E-state index is 2.29. The minimum atomic E-state index is 1.12. The minimum absolute atomic E-state index is 1.12. The van der Waals surface area contributed by atoms with E-state index in [-0.39, 0.29) is 0 Å². The zero-order chi connectivity index (χ0) is 13.6. The Balaban J connectivity index is 1.79. The van der Waals surface area contributed by atoms with Gasteiger partial charge >= 0.3 is 0 Å². The molecule has 1 aromatic rings. The minimum Gasteiger partial charge on any atom is -0.118 e. The molecule has 0 N–H and O–H groups in total. The van der Waals surface area contributed by atoms with Crippen molar-refractivity contribution in [3.63, 3.8) is 0 Å². The zero-order valence-corrected chi connectivity index (χ0v) is 13.7. The van der Waals surface area contributed by atoms with Crippen molar-refractivity contribution in [2.45, 2.75) is 70.9 Å². The van der Waals surface area contributed by atoms with Gasteiger partial charge in [0.15, 0.2) is 0 Å². The van der Waals surface area contributed by atoms with Gasteiger partial charge < -0.3 is 0 Å². The average molecular weight is 278 g/mol. The first-order valence-electron chi connectivity index (χ1n) is 8.18. The van der Waals surface area contributed by atoms with Gasteiger partial charge in [0, 0.05) is 0 Å². The van der Waals surface area contributed by atoms with Crippen LogP contribution in [0.3, 0.4) is 0 Å². The fourth-order valence-corrected chi connectivity index (χ4v) is 3.59. The Bertz CT molecular complexity index is 281. The highest BCUT2D eigenvalue weighted by molar-refractivity contribution is 7.37. The summed E-state index contributed by atoms with van der Waals surface area (Å²) < 4.78 is 0. The lowest BCUT2D eigenvalue weighted by Crippen LogP contribution is -1.84. The number of hydrogen-bond acceptors (Lipinski definition) is 0. The number of hydrogen-bond donors (Lipinski definition) is 0. The molecule has 0 nitrogen and oxygen atoms in total. The molecular formula is C18H31P. The molecule has 0 fully saturated rings. The van der Waals surface area contributed by atoms with Crippen LogP contribution in [0.4, 0.5) is 0 Å². The summed E-state index contributed by atoms with van der Waals surface area (Å²) in [6.45, 7) is 2.29. The first-order valence-corrected chi connectivity index (χ1v) is 9.59. The maximum Gasteiger partial charge on any atom is -0.0101 e. The second-order valence-electron chi connectivity index (χ2n) is 5.49. The van der Waals surface area contributed by atoms with Gasteiger partial charge in [-0.3, -0.25) is 0 Å². The SMILES string of the molecule is CCCCCCCCCCCPCc1ccccc1. The lowest BCUT2D eigenvalue weighted by Gasteiger charge is -2.03. The molecule has 0 aromatic heterocycles. The zero-order valence-electron chi connectivity index (χ0n) is 12.7. The molecule has 1 aromatic carbocycles. The predicted octanol–water partition coefficient (Wildman–Crippen LogP) is 6.40. The molecule has 0 aliphatic carbocycles. The van der Waals surface area contributed by atoms with E-state index in [0.29, 0.717) is 0 Å². The van der Waals surface area contributed by atoms with E-state index in [1.165, 1.54) is 75.7 Å². The number of unbranched alkanes of at least 4 members (excludes halogenated alkanes) is 8. The summed E-state index contributed by atoms with van der Waals surface area (Å²) in [6, 6.07) is 10.9. The van der Waals surface area contributed by atoms with Gasteiger partial charge in [-0.05, 0) is 24.3 Å². The highest BCUT2D eigenvalue weighted by Gasteiger charge is 1.94. The van der Waals surface area contributed by atoms with Crippen LogP contribution in [0.2, 0.25) is 0 Å². The fraction of sp³-hybridized carbons (Fsp3) is 0.667. The van der Waals surface area contributed by atoms with Crippen molar-refractivity contribution in [3.05, 3.63) is 35.9 Å². The van der Waals surface area contributed by atoms with Crippen LogP contribution >= 0.6 is 8.58 Å². The van der Waals surface area contributed by atoms with Gasteiger partial charge in [0.2, 0.25) is 0 Å². The second kappa shape index (κ2) is 12.7. The molecule has 0 saturated carbocycles. The summed E-state index contributed by atoms with van der Waals surface area (Å²) in [5.74, 6) is 0. The average Bonchev–Trinajstić information content (AvgIpc) is 2.46. The van der Waals surface area contributed by atoms with E-state index in [1.54, 1.807) is 0 Å². The van der Waals surface area contributed by atoms with Crippen molar-refractivity contribution >= 4 is 8.58 Å². The quantitative estimate of drug-likeness (QED) is 0.307. The van der Waals surface area contributed by atoms with Gasteiger partial charge in [-0.25, -0.2) is 0 Å². The van der Waals surface area contributed by atoms with Gasteiger partial charge in [-0.1, -0.05) is 88.6 Å². The Morgan fingerprint density at radius 3 is 1.95 bits per heavy atom. The largest absolute Gasteiger partial charge is 0.118 e. The van der Waals surface area contributed by atoms with Gasteiger partial charge in [-0.15, -0.1) is 8.58 Å². The Kier molecular flexibility index (Phi) is 11.1. The molecule has 1 rings (SSSR count). The molecule has 1 atom stereocenters. The van der Waals surface area contributed by atoms with Crippen molar-refractivity contribution in [1.82, 2.24) is 0 Å². The second-order valence-corrected chi connectivity index (χ2v) is 6.84. The summed E-state index contributed by atoms with van der Waals surface area (Å²) in [6.07, 6.45) is 15.7. The van der Waals surface area contributed by atoms with E-state index < -0.39 is 0 Å². The highest BCUT2D eigenvalue weighted by atomic mass is 31.1. The summed E-state index contributed by atoms with van der Waals surface area (Å²) in [5, 5.41) is 0. The van der Waals surface area contributed by atoms with Crippen molar-refractivity contribution in [2.24, 2.45) is 0 Å².